The maximum absolute atomic E-state index is 9.25. The minimum absolute atomic E-state index is 0.338. The summed E-state index contributed by atoms with van der Waals surface area (Å²) in [6.07, 6.45) is 2.28. The first-order valence-corrected chi connectivity index (χ1v) is 8.27. The summed E-state index contributed by atoms with van der Waals surface area (Å²) in [4.78, 5) is 2.49. The van der Waals surface area contributed by atoms with Gasteiger partial charge in [0.15, 0.2) is 0 Å². The molecule has 0 saturated carbocycles. The van der Waals surface area contributed by atoms with Crippen molar-refractivity contribution in [3.63, 3.8) is 0 Å². The number of rotatable bonds is 7. The van der Waals surface area contributed by atoms with Crippen molar-refractivity contribution in [3.8, 4) is 0 Å². The minimum atomic E-state index is 0.338. The molecule has 3 heteroatoms. The molecular weight excluding hydrogens is 260 g/mol. The molecule has 3 nitrogen and oxygen atoms in total. The Balaban J connectivity index is 1.95. The first-order chi connectivity index (χ1) is 10.1. The molecule has 2 unspecified atom stereocenters. The monoisotopic (exact) mass is 290 g/mol. The van der Waals surface area contributed by atoms with Crippen LogP contribution in [0.25, 0.3) is 0 Å². The number of aliphatic hydroxyl groups is 1. The molecule has 1 aliphatic heterocycles. The molecule has 2 rings (SSSR count). The highest BCUT2D eigenvalue weighted by molar-refractivity contribution is 5.30. The largest absolute Gasteiger partial charge is 0.396 e. The Morgan fingerprint density at radius 3 is 2.57 bits per heavy atom. The third-order valence-corrected chi connectivity index (χ3v) is 4.46. The molecule has 1 heterocycles. The van der Waals surface area contributed by atoms with Gasteiger partial charge in [-0.25, -0.2) is 0 Å². The third-order valence-electron chi connectivity index (χ3n) is 4.46. The fraction of sp³-hybridized carbons (Fsp3) is 0.667. The van der Waals surface area contributed by atoms with Gasteiger partial charge >= 0.3 is 0 Å². The Hall–Kier alpha value is -0.900. The Labute approximate surface area is 129 Å². The molecule has 1 aromatic rings. The number of hydrogen-bond acceptors (Lipinski definition) is 3. The lowest BCUT2D eigenvalue weighted by atomic mass is 9.99. The van der Waals surface area contributed by atoms with E-state index in [1.807, 2.05) is 0 Å². The fourth-order valence-corrected chi connectivity index (χ4v) is 3.42. The second-order valence-electron chi connectivity index (χ2n) is 6.46. The summed E-state index contributed by atoms with van der Waals surface area (Å²) in [5.41, 5.74) is 4.09. The smallest absolute Gasteiger partial charge is 0.0471 e. The van der Waals surface area contributed by atoms with E-state index in [0.717, 1.165) is 39.0 Å². The average molecular weight is 290 g/mol. The highest BCUT2D eigenvalue weighted by Gasteiger charge is 2.22. The molecule has 21 heavy (non-hydrogen) atoms. The summed E-state index contributed by atoms with van der Waals surface area (Å²) in [6.45, 7) is 11.2. The molecule has 0 bridgehead atoms. The predicted molar refractivity (Wildman–Crippen MR) is 88.6 cm³/mol. The number of hydrogen-bond donors (Lipinski definition) is 2. The van der Waals surface area contributed by atoms with Gasteiger partial charge in [0.05, 0.1) is 0 Å². The molecule has 0 amide bonds. The van der Waals surface area contributed by atoms with Crippen LogP contribution in [0.2, 0.25) is 0 Å². The summed E-state index contributed by atoms with van der Waals surface area (Å²) in [7, 11) is 0. The van der Waals surface area contributed by atoms with E-state index in [1.54, 1.807) is 0 Å². The van der Waals surface area contributed by atoms with Crippen LogP contribution in [0.15, 0.2) is 18.2 Å². The molecule has 118 valence electrons. The number of nitrogens with one attached hydrogen (secondary N) is 1. The van der Waals surface area contributed by atoms with Crippen LogP contribution in [0.5, 0.6) is 0 Å². The standard InChI is InChI=1S/C18H30N2O/c1-4-19-18(17-10-14(2)9-15(3)11-17)6-8-20-7-5-16(12-20)13-21/h9-11,16,18-19,21H,4-8,12-13H2,1-3H3. The molecule has 2 atom stereocenters. The summed E-state index contributed by atoms with van der Waals surface area (Å²) in [5.74, 6) is 0.490. The van der Waals surface area contributed by atoms with E-state index in [4.69, 9.17) is 0 Å². The Bertz CT molecular complexity index is 427. The van der Waals surface area contributed by atoms with E-state index < -0.39 is 0 Å². The van der Waals surface area contributed by atoms with Crippen molar-refractivity contribution in [2.24, 2.45) is 5.92 Å². The van der Waals surface area contributed by atoms with Gasteiger partial charge in [0.25, 0.3) is 0 Å². The second kappa shape index (κ2) is 7.92. The summed E-state index contributed by atoms with van der Waals surface area (Å²) < 4.78 is 0. The lowest BCUT2D eigenvalue weighted by Crippen LogP contribution is -2.28. The van der Waals surface area contributed by atoms with Crippen molar-refractivity contribution in [2.45, 2.75) is 39.7 Å². The number of benzene rings is 1. The van der Waals surface area contributed by atoms with Gasteiger partial charge in [-0.15, -0.1) is 0 Å². The fourth-order valence-electron chi connectivity index (χ4n) is 3.42. The SMILES string of the molecule is CCNC(CCN1CCC(CO)C1)c1cc(C)cc(C)c1. The zero-order valence-corrected chi connectivity index (χ0v) is 13.7. The third kappa shape index (κ3) is 4.80. The van der Waals surface area contributed by atoms with Crippen LogP contribution in [0.3, 0.4) is 0 Å². The Morgan fingerprint density at radius 1 is 1.29 bits per heavy atom. The van der Waals surface area contributed by atoms with E-state index in [2.05, 4.69) is 49.2 Å². The highest BCUT2D eigenvalue weighted by Crippen LogP contribution is 2.22. The number of aliphatic hydroxyl groups excluding tert-OH is 1. The average Bonchev–Trinajstić information content (AvgIpc) is 2.90. The topological polar surface area (TPSA) is 35.5 Å². The predicted octanol–water partition coefficient (Wildman–Crippen LogP) is 2.66. The second-order valence-corrected chi connectivity index (χ2v) is 6.46. The van der Waals surface area contributed by atoms with E-state index in [0.29, 0.717) is 18.6 Å². The molecule has 1 aliphatic rings. The van der Waals surface area contributed by atoms with Crippen molar-refractivity contribution in [1.82, 2.24) is 10.2 Å². The van der Waals surface area contributed by atoms with Crippen molar-refractivity contribution >= 4 is 0 Å². The van der Waals surface area contributed by atoms with E-state index in [9.17, 15) is 5.11 Å². The van der Waals surface area contributed by atoms with Crippen LogP contribution in [-0.4, -0.2) is 42.8 Å². The maximum atomic E-state index is 9.25. The quantitative estimate of drug-likeness (QED) is 0.810. The number of likely N-dealkylation sites (tertiary alicyclic amines) is 1. The summed E-state index contributed by atoms with van der Waals surface area (Å²) in [6, 6.07) is 7.28. The van der Waals surface area contributed by atoms with Gasteiger partial charge in [-0.05, 0) is 57.8 Å². The van der Waals surface area contributed by atoms with Gasteiger partial charge in [0.1, 0.15) is 0 Å². The van der Waals surface area contributed by atoms with Crippen molar-refractivity contribution in [1.29, 1.82) is 0 Å². The van der Waals surface area contributed by atoms with E-state index >= 15 is 0 Å². The molecule has 1 fully saturated rings. The molecule has 0 radical (unpaired) electrons. The van der Waals surface area contributed by atoms with E-state index in [-0.39, 0.29) is 0 Å². The lowest BCUT2D eigenvalue weighted by Gasteiger charge is -2.23. The van der Waals surface area contributed by atoms with Gasteiger partial charge in [-0.3, -0.25) is 0 Å². The van der Waals surface area contributed by atoms with Crippen LogP contribution < -0.4 is 5.32 Å². The number of aryl methyl sites for hydroxylation is 2. The highest BCUT2D eigenvalue weighted by atomic mass is 16.3. The van der Waals surface area contributed by atoms with Crippen molar-refractivity contribution in [3.05, 3.63) is 34.9 Å². The normalized spacial score (nSPS) is 20.9. The molecular formula is C18H30N2O. The van der Waals surface area contributed by atoms with Crippen LogP contribution in [-0.2, 0) is 0 Å². The minimum Gasteiger partial charge on any atom is -0.396 e. The molecule has 1 aromatic carbocycles. The first-order valence-electron chi connectivity index (χ1n) is 8.27. The van der Waals surface area contributed by atoms with Gasteiger partial charge in [-0.1, -0.05) is 36.2 Å². The Morgan fingerprint density at radius 2 is 2.00 bits per heavy atom. The zero-order chi connectivity index (χ0) is 15.2. The first kappa shape index (κ1) is 16.5. The molecule has 0 aromatic heterocycles. The van der Waals surface area contributed by atoms with Crippen molar-refractivity contribution < 1.29 is 5.11 Å². The van der Waals surface area contributed by atoms with Gasteiger partial charge in [-0.2, -0.15) is 0 Å². The van der Waals surface area contributed by atoms with Gasteiger partial charge in [0, 0.05) is 19.2 Å². The van der Waals surface area contributed by atoms with Crippen LogP contribution >= 0.6 is 0 Å². The summed E-state index contributed by atoms with van der Waals surface area (Å²) in [5, 5.41) is 12.9. The van der Waals surface area contributed by atoms with E-state index in [1.165, 1.54) is 16.7 Å². The Kier molecular flexibility index (Phi) is 6.22. The summed E-state index contributed by atoms with van der Waals surface area (Å²) >= 11 is 0. The van der Waals surface area contributed by atoms with Gasteiger partial charge < -0.3 is 15.3 Å². The van der Waals surface area contributed by atoms with Crippen LogP contribution in [0, 0.1) is 19.8 Å². The maximum Gasteiger partial charge on any atom is 0.0471 e. The lowest BCUT2D eigenvalue weighted by molar-refractivity contribution is 0.219. The molecule has 1 saturated heterocycles. The molecule has 2 N–H and O–H groups in total. The van der Waals surface area contributed by atoms with Gasteiger partial charge in [0.2, 0.25) is 0 Å². The molecule has 0 spiro atoms. The van der Waals surface area contributed by atoms with Crippen LogP contribution in [0.4, 0.5) is 0 Å². The molecule has 0 aliphatic carbocycles. The van der Waals surface area contributed by atoms with Crippen LogP contribution in [0.1, 0.15) is 42.5 Å². The number of nitrogens with zero attached hydrogens (tertiary/aromatic N) is 1. The zero-order valence-electron chi connectivity index (χ0n) is 13.7. The van der Waals surface area contributed by atoms with Crippen molar-refractivity contribution in [2.75, 3.05) is 32.8 Å².